The van der Waals surface area contributed by atoms with Crippen molar-refractivity contribution in [3.63, 3.8) is 0 Å². The number of benzene rings is 1. The van der Waals surface area contributed by atoms with Gasteiger partial charge in [0, 0.05) is 25.2 Å². The molecular formula is C21H18BrF4N7O3. The molecule has 3 heterocycles. The van der Waals surface area contributed by atoms with Crippen molar-refractivity contribution < 1.29 is 32.2 Å². The quantitative estimate of drug-likeness (QED) is 0.196. The van der Waals surface area contributed by atoms with Crippen LogP contribution in [0, 0.1) is 11.7 Å². The molecule has 0 atom stereocenters. The van der Waals surface area contributed by atoms with Crippen LogP contribution in [0.2, 0.25) is 0 Å². The Kier molecular flexibility index (Phi) is 7.59. The Labute approximate surface area is 209 Å². The van der Waals surface area contributed by atoms with E-state index < -0.39 is 17.7 Å². The summed E-state index contributed by atoms with van der Waals surface area (Å²) in [5.74, 6) is -1.26. The summed E-state index contributed by atoms with van der Waals surface area (Å²) >= 11 is 3.05. The second-order valence-corrected chi connectivity index (χ2v) is 8.73. The number of aliphatic imine (C=N–C) groups is 1. The molecule has 0 radical (unpaired) electrons. The molecule has 3 aromatic rings. The number of Topliss-reactive ketones (excluding diaryl/α,β-unsaturated/α-hetero) is 1. The minimum Gasteiger partial charge on any atom is -0.341 e. The predicted molar refractivity (Wildman–Crippen MR) is 120 cm³/mol. The highest BCUT2D eigenvalue weighted by molar-refractivity contribution is 9.10. The lowest BCUT2D eigenvalue weighted by atomic mass is 9.90. The van der Waals surface area contributed by atoms with Crippen molar-refractivity contribution in [3.05, 3.63) is 57.8 Å². The lowest BCUT2D eigenvalue weighted by Gasteiger charge is -2.31. The zero-order valence-corrected chi connectivity index (χ0v) is 19.9. The van der Waals surface area contributed by atoms with Crippen LogP contribution in [-0.2, 0) is 17.4 Å². The highest BCUT2D eigenvalue weighted by Crippen LogP contribution is 2.29. The Hall–Kier alpha value is -3.46. The summed E-state index contributed by atoms with van der Waals surface area (Å²) < 4.78 is 57.2. The number of nitrogens with zero attached hydrogens (tertiary/aromatic N) is 6. The van der Waals surface area contributed by atoms with Gasteiger partial charge >= 0.3 is 6.18 Å². The van der Waals surface area contributed by atoms with Crippen LogP contribution in [0.3, 0.4) is 0 Å². The van der Waals surface area contributed by atoms with Gasteiger partial charge < -0.3 is 4.90 Å². The summed E-state index contributed by atoms with van der Waals surface area (Å²) in [5.41, 5.74) is 1.27. The minimum absolute atomic E-state index is 0.00102. The highest BCUT2D eigenvalue weighted by atomic mass is 79.9. The van der Waals surface area contributed by atoms with E-state index in [0.29, 0.717) is 25.9 Å². The number of hydrogen-bond acceptors (Lipinski definition) is 9. The van der Waals surface area contributed by atoms with E-state index in [1.807, 2.05) is 5.48 Å². The lowest BCUT2D eigenvalue weighted by molar-refractivity contribution is -0.141. The van der Waals surface area contributed by atoms with E-state index in [4.69, 9.17) is 4.63 Å². The van der Waals surface area contributed by atoms with Gasteiger partial charge in [-0.3, -0.25) is 15.5 Å². The average Bonchev–Trinajstić information content (AvgIpc) is 3.32. The number of hydrogen-bond donors (Lipinski definition) is 2. The van der Waals surface area contributed by atoms with Crippen molar-refractivity contribution in [2.75, 3.05) is 18.0 Å². The molecular weight excluding hydrogens is 554 g/mol. The van der Waals surface area contributed by atoms with Gasteiger partial charge in [-0.1, -0.05) is 5.16 Å². The van der Waals surface area contributed by atoms with E-state index >= 15 is 0 Å². The van der Waals surface area contributed by atoms with Crippen LogP contribution < -0.4 is 10.4 Å². The number of amidine groups is 1. The Bertz CT molecular complexity index is 1280. The maximum atomic E-state index is 13.5. The number of hydroxylamine groups is 1. The molecule has 0 bridgehead atoms. The van der Waals surface area contributed by atoms with Gasteiger partial charge in [0.25, 0.3) is 0 Å². The number of carbonyl (C=O) groups is 1. The number of nitrogens with one attached hydrogen (secondary N) is 1. The molecule has 0 amide bonds. The summed E-state index contributed by atoms with van der Waals surface area (Å²) in [5, 5.41) is 17.0. The minimum atomic E-state index is -4.58. The van der Waals surface area contributed by atoms with Gasteiger partial charge in [0.05, 0.1) is 16.6 Å². The number of piperidine rings is 1. The molecule has 0 spiro atoms. The first-order valence-corrected chi connectivity index (χ1v) is 11.4. The van der Waals surface area contributed by atoms with Crippen LogP contribution in [0.25, 0.3) is 0 Å². The van der Waals surface area contributed by atoms with E-state index in [1.54, 1.807) is 4.90 Å². The number of anilines is 1. The van der Waals surface area contributed by atoms with Crippen LogP contribution in [0.15, 0.2) is 44.6 Å². The molecule has 15 heteroatoms. The van der Waals surface area contributed by atoms with Gasteiger partial charge in [0.15, 0.2) is 11.5 Å². The molecule has 1 saturated heterocycles. The Morgan fingerprint density at radius 2 is 2.00 bits per heavy atom. The van der Waals surface area contributed by atoms with Crippen molar-refractivity contribution >= 4 is 39.2 Å². The molecule has 1 aromatic carbocycles. The molecule has 1 aliphatic rings. The number of carbonyl (C=O) groups excluding carboxylic acids is 1. The number of ketones is 1. The Morgan fingerprint density at radius 3 is 2.67 bits per heavy atom. The lowest BCUT2D eigenvalue weighted by Crippen LogP contribution is -2.38. The molecule has 190 valence electrons. The fourth-order valence-corrected chi connectivity index (χ4v) is 4.05. The first kappa shape index (κ1) is 25.6. The van der Waals surface area contributed by atoms with Crippen LogP contribution >= 0.6 is 15.9 Å². The average molecular weight is 572 g/mol. The van der Waals surface area contributed by atoms with Crippen LogP contribution in [0.1, 0.15) is 29.9 Å². The zero-order valence-electron chi connectivity index (χ0n) is 18.3. The summed E-state index contributed by atoms with van der Waals surface area (Å²) in [4.78, 5) is 26.2. The third kappa shape index (κ3) is 5.84. The molecule has 4 rings (SSSR count). The molecule has 2 N–H and O–H groups in total. The highest BCUT2D eigenvalue weighted by Gasteiger charge is 2.34. The Morgan fingerprint density at radius 1 is 1.25 bits per heavy atom. The van der Waals surface area contributed by atoms with Crippen LogP contribution in [-0.4, -0.2) is 50.2 Å². The predicted octanol–water partition coefficient (Wildman–Crippen LogP) is 3.87. The first-order valence-electron chi connectivity index (χ1n) is 10.6. The fourth-order valence-electron chi connectivity index (χ4n) is 3.69. The fraction of sp³-hybridized carbons (Fsp3) is 0.333. The third-order valence-corrected chi connectivity index (χ3v) is 6.15. The largest absolute Gasteiger partial charge is 0.433 e. The molecule has 36 heavy (non-hydrogen) atoms. The maximum absolute atomic E-state index is 13.5. The zero-order chi connectivity index (χ0) is 25.9. The van der Waals surface area contributed by atoms with E-state index in [2.05, 4.69) is 41.2 Å². The number of halogens is 5. The SMILES string of the molecule is O=C(Cc1nonc1C(=Nc1ccc(F)c(Br)c1)NO)C1CCN(c2nccc(C(F)(F)F)n2)CC1. The van der Waals surface area contributed by atoms with Crippen LogP contribution in [0.4, 0.5) is 29.2 Å². The molecule has 1 aliphatic heterocycles. The summed E-state index contributed by atoms with van der Waals surface area (Å²) in [6.07, 6.45) is -2.93. The van der Waals surface area contributed by atoms with Gasteiger partial charge in [-0.2, -0.15) is 13.2 Å². The van der Waals surface area contributed by atoms with E-state index in [-0.39, 0.29) is 51.5 Å². The van der Waals surface area contributed by atoms with Crippen molar-refractivity contribution in [1.29, 1.82) is 0 Å². The van der Waals surface area contributed by atoms with Crippen molar-refractivity contribution in [2.24, 2.45) is 10.9 Å². The molecule has 0 aliphatic carbocycles. The topological polar surface area (TPSA) is 130 Å². The van der Waals surface area contributed by atoms with E-state index in [1.165, 1.54) is 18.2 Å². The molecule has 10 nitrogen and oxygen atoms in total. The van der Waals surface area contributed by atoms with E-state index in [9.17, 15) is 27.6 Å². The monoisotopic (exact) mass is 571 g/mol. The van der Waals surface area contributed by atoms with Gasteiger partial charge in [-0.25, -0.2) is 24.0 Å². The van der Waals surface area contributed by atoms with Gasteiger partial charge in [-0.15, -0.1) is 0 Å². The van der Waals surface area contributed by atoms with Crippen molar-refractivity contribution in [3.8, 4) is 0 Å². The number of rotatable bonds is 6. The molecule has 2 aromatic heterocycles. The number of alkyl halides is 3. The summed E-state index contributed by atoms with van der Waals surface area (Å²) in [6, 6.07) is 4.74. The normalized spacial score (nSPS) is 15.3. The second-order valence-electron chi connectivity index (χ2n) is 7.87. The van der Waals surface area contributed by atoms with Crippen molar-refractivity contribution in [1.82, 2.24) is 25.8 Å². The molecule has 0 saturated carbocycles. The van der Waals surface area contributed by atoms with Gasteiger partial charge in [0.1, 0.15) is 23.0 Å². The van der Waals surface area contributed by atoms with E-state index in [0.717, 1.165) is 12.3 Å². The third-order valence-electron chi connectivity index (χ3n) is 5.54. The summed E-state index contributed by atoms with van der Waals surface area (Å²) in [7, 11) is 0. The standard InChI is InChI=1S/C21H18BrF4N7O3/c22-13-9-12(1-2-14(13)23)28-19(30-35)18-15(31-36-32-18)10-16(34)11-4-7-33(8-5-11)20-27-6-3-17(29-20)21(24,25)26/h1-3,6,9,11,35H,4-5,7-8,10H2,(H,28,30). The Balaban J connectivity index is 1.42. The second kappa shape index (κ2) is 10.7. The summed E-state index contributed by atoms with van der Waals surface area (Å²) in [6.45, 7) is 0.595. The van der Waals surface area contributed by atoms with Crippen LogP contribution in [0.5, 0.6) is 0 Å². The smallest absolute Gasteiger partial charge is 0.341 e. The van der Waals surface area contributed by atoms with Crippen molar-refractivity contribution in [2.45, 2.75) is 25.4 Å². The first-order chi connectivity index (χ1) is 17.2. The maximum Gasteiger partial charge on any atom is 0.433 e. The molecule has 1 fully saturated rings. The molecule has 0 unspecified atom stereocenters. The van der Waals surface area contributed by atoms with Gasteiger partial charge in [0.2, 0.25) is 5.95 Å². The number of aromatic nitrogens is 4. The van der Waals surface area contributed by atoms with Gasteiger partial charge in [-0.05, 0) is 58.2 Å².